The third-order valence-corrected chi connectivity index (χ3v) is 4.35. The van der Waals surface area contributed by atoms with E-state index in [1.165, 1.54) is 30.3 Å². The average Bonchev–Trinajstić information content (AvgIpc) is 3.15. The molecule has 8 nitrogen and oxygen atoms in total. The predicted octanol–water partition coefficient (Wildman–Crippen LogP) is 1.18. The van der Waals surface area contributed by atoms with Gasteiger partial charge < -0.3 is 19.7 Å². The van der Waals surface area contributed by atoms with Crippen molar-refractivity contribution in [1.29, 1.82) is 0 Å². The highest BCUT2D eigenvalue weighted by molar-refractivity contribution is 7.13. The molecule has 0 radical (unpaired) electrons. The molecule has 1 aromatic heterocycles. The minimum Gasteiger partial charge on any atom is -0.497 e. The van der Waals surface area contributed by atoms with E-state index in [1.54, 1.807) is 24.6 Å². The van der Waals surface area contributed by atoms with Gasteiger partial charge in [0, 0.05) is 25.0 Å². The molecule has 0 atom stereocenters. The van der Waals surface area contributed by atoms with Gasteiger partial charge in [-0.25, -0.2) is 9.78 Å². The molecule has 1 heterocycles. The summed E-state index contributed by atoms with van der Waals surface area (Å²) in [6, 6.07) is 7.28. The number of rotatable bonds is 7. The number of aromatic nitrogens is 1. The summed E-state index contributed by atoms with van der Waals surface area (Å²) in [4.78, 5) is 40.5. The van der Waals surface area contributed by atoms with Crippen molar-refractivity contribution in [2.75, 3.05) is 34.4 Å². The van der Waals surface area contributed by atoms with Crippen molar-refractivity contribution in [2.45, 2.75) is 0 Å². The van der Waals surface area contributed by atoms with Crippen molar-refractivity contribution in [3.8, 4) is 16.3 Å². The van der Waals surface area contributed by atoms with Crippen LogP contribution in [0.15, 0.2) is 29.6 Å². The van der Waals surface area contributed by atoms with Crippen LogP contribution in [0, 0.1) is 0 Å². The van der Waals surface area contributed by atoms with Crippen LogP contribution in [0.2, 0.25) is 0 Å². The Hall–Kier alpha value is -2.94. The first-order chi connectivity index (χ1) is 12.4. The molecule has 9 heteroatoms. The number of carbonyl (C=O) groups excluding carboxylic acids is 3. The van der Waals surface area contributed by atoms with Crippen molar-refractivity contribution in [2.24, 2.45) is 0 Å². The van der Waals surface area contributed by atoms with Crippen LogP contribution < -0.4 is 10.1 Å². The quantitative estimate of drug-likeness (QED) is 0.728. The third kappa shape index (κ3) is 5.03. The van der Waals surface area contributed by atoms with Crippen molar-refractivity contribution in [3.05, 3.63) is 35.3 Å². The van der Waals surface area contributed by atoms with E-state index < -0.39 is 18.5 Å². The van der Waals surface area contributed by atoms with Gasteiger partial charge in [0.1, 0.15) is 10.8 Å². The Morgan fingerprint density at radius 3 is 2.54 bits per heavy atom. The maximum absolute atomic E-state index is 12.0. The summed E-state index contributed by atoms with van der Waals surface area (Å²) >= 11 is 1.30. The standard InChI is InChI=1S/C17H19N3O5S/c1-18-14(21)8-20(2)15(22)9-25-17(23)13-10-26-16(19-13)11-4-6-12(24-3)7-5-11/h4-7,10H,8-9H2,1-3H3,(H,18,21). The van der Waals surface area contributed by atoms with Crippen LogP contribution in [0.4, 0.5) is 0 Å². The lowest BCUT2D eigenvalue weighted by molar-refractivity contribution is -0.137. The molecular weight excluding hydrogens is 358 g/mol. The first-order valence-corrected chi connectivity index (χ1v) is 8.54. The van der Waals surface area contributed by atoms with E-state index >= 15 is 0 Å². The average molecular weight is 377 g/mol. The summed E-state index contributed by atoms with van der Waals surface area (Å²) in [5.74, 6) is -0.754. The topological polar surface area (TPSA) is 97.8 Å². The molecule has 2 amide bonds. The van der Waals surface area contributed by atoms with Crippen LogP contribution in [0.25, 0.3) is 10.6 Å². The molecule has 0 aliphatic rings. The maximum Gasteiger partial charge on any atom is 0.358 e. The molecule has 0 aliphatic carbocycles. The van der Waals surface area contributed by atoms with E-state index in [1.807, 2.05) is 12.1 Å². The number of carbonyl (C=O) groups is 3. The Kier molecular flexibility index (Phi) is 6.67. The zero-order valence-electron chi connectivity index (χ0n) is 14.6. The number of esters is 1. The molecule has 26 heavy (non-hydrogen) atoms. The summed E-state index contributed by atoms with van der Waals surface area (Å²) in [6.45, 7) is -0.563. The number of hydrogen-bond donors (Lipinski definition) is 1. The monoisotopic (exact) mass is 377 g/mol. The first-order valence-electron chi connectivity index (χ1n) is 7.66. The number of thiazole rings is 1. The molecule has 0 saturated heterocycles. The summed E-state index contributed by atoms with van der Waals surface area (Å²) < 4.78 is 10.1. The van der Waals surface area contributed by atoms with Gasteiger partial charge in [0.05, 0.1) is 13.7 Å². The highest BCUT2D eigenvalue weighted by atomic mass is 32.1. The van der Waals surface area contributed by atoms with Gasteiger partial charge >= 0.3 is 5.97 Å². The van der Waals surface area contributed by atoms with Crippen molar-refractivity contribution in [3.63, 3.8) is 0 Å². The Balaban J connectivity index is 1.93. The Morgan fingerprint density at radius 2 is 1.92 bits per heavy atom. The summed E-state index contributed by atoms with van der Waals surface area (Å²) in [5.41, 5.74) is 0.971. The molecule has 0 unspecified atom stereocenters. The molecule has 1 aromatic carbocycles. The van der Waals surface area contributed by atoms with Crippen LogP contribution in [-0.2, 0) is 14.3 Å². The fourth-order valence-corrected chi connectivity index (χ4v) is 2.72. The Morgan fingerprint density at radius 1 is 1.23 bits per heavy atom. The third-order valence-electron chi connectivity index (χ3n) is 3.46. The largest absolute Gasteiger partial charge is 0.497 e. The number of methoxy groups -OCH3 is 1. The van der Waals surface area contributed by atoms with E-state index in [9.17, 15) is 14.4 Å². The van der Waals surface area contributed by atoms with Gasteiger partial charge in [-0.15, -0.1) is 11.3 Å². The lowest BCUT2D eigenvalue weighted by atomic mass is 10.2. The van der Waals surface area contributed by atoms with E-state index in [2.05, 4.69) is 10.3 Å². The fourth-order valence-electron chi connectivity index (χ4n) is 1.93. The van der Waals surface area contributed by atoms with Crippen molar-refractivity contribution in [1.82, 2.24) is 15.2 Å². The van der Waals surface area contributed by atoms with Gasteiger partial charge in [0.15, 0.2) is 12.3 Å². The highest BCUT2D eigenvalue weighted by Crippen LogP contribution is 2.25. The molecule has 2 aromatic rings. The molecule has 0 aliphatic heterocycles. The van der Waals surface area contributed by atoms with Crippen LogP contribution in [-0.4, -0.2) is 62.0 Å². The molecule has 1 N–H and O–H groups in total. The van der Waals surface area contributed by atoms with E-state index in [0.717, 1.165) is 11.3 Å². The lowest BCUT2D eigenvalue weighted by Gasteiger charge is -2.15. The maximum atomic E-state index is 12.0. The first kappa shape index (κ1) is 19.4. The van der Waals surface area contributed by atoms with Crippen LogP contribution in [0.5, 0.6) is 5.75 Å². The van der Waals surface area contributed by atoms with E-state index in [-0.39, 0.29) is 18.1 Å². The molecule has 0 bridgehead atoms. The minimum absolute atomic E-state index is 0.106. The number of likely N-dealkylation sites (N-methyl/N-ethyl adjacent to an activating group) is 2. The zero-order valence-corrected chi connectivity index (χ0v) is 15.5. The summed E-state index contributed by atoms with van der Waals surface area (Å²) in [5, 5.41) is 4.64. The lowest BCUT2D eigenvalue weighted by Crippen LogP contribution is -2.39. The van der Waals surface area contributed by atoms with Gasteiger partial charge in [0.2, 0.25) is 5.91 Å². The zero-order chi connectivity index (χ0) is 19.1. The number of amides is 2. The second kappa shape index (κ2) is 8.95. The SMILES string of the molecule is CNC(=O)CN(C)C(=O)COC(=O)c1csc(-c2ccc(OC)cc2)n1. The molecular formula is C17H19N3O5S. The smallest absolute Gasteiger partial charge is 0.358 e. The fraction of sp³-hybridized carbons (Fsp3) is 0.294. The van der Waals surface area contributed by atoms with Gasteiger partial charge in [-0.2, -0.15) is 0 Å². The highest BCUT2D eigenvalue weighted by Gasteiger charge is 2.17. The summed E-state index contributed by atoms with van der Waals surface area (Å²) in [7, 11) is 4.51. The van der Waals surface area contributed by atoms with Gasteiger partial charge in [0.25, 0.3) is 5.91 Å². The minimum atomic E-state index is -0.692. The molecule has 138 valence electrons. The Bertz CT molecular complexity index is 788. The van der Waals surface area contributed by atoms with E-state index in [4.69, 9.17) is 9.47 Å². The molecule has 0 saturated carbocycles. The van der Waals surface area contributed by atoms with Gasteiger partial charge in [-0.05, 0) is 24.3 Å². The number of nitrogens with zero attached hydrogens (tertiary/aromatic N) is 2. The predicted molar refractivity (Wildman–Crippen MR) is 96.1 cm³/mol. The number of ether oxygens (including phenoxy) is 2. The van der Waals surface area contributed by atoms with Gasteiger partial charge in [-0.1, -0.05) is 0 Å². The Labute approximate surface area is 154 Å². The molecule has 2 rings (SSSR count). The van der Waals surface area contributed by atoms with Crippen LogP contribution >= 0.6 is 11.3 Å². The van der Waals surface area contributed by atoms with Crippen molar-refractivity contribution >= 4 is 29.1 Å². The second-order valence-electron chi connectivity index (χ2n) is 5.27. The van der Waals surface area contributed by atoms with Crippen LogP contribution in [0.1, 0.15) is 10.5 Å². The van der Waals surface area contributed by atoms with Crippen LogP contribution in [0.3, 0.4) is 0 Å². The number of benzene rings is 1. The second-order valence-corrected chi connectivity index (χ2v) is 6.12. The normalized spacial score (nSPS) is 10.1. The van der Waals surface area contributed by atoms with E-state index in [0.29, 0.717) is 5.01 Å². The van der Waals surface area contributed by atoms with Crippen molar-refractivity contribution < 1.29 is 23.9 Å². The molecule has 0 fully saturated rings. The summed E-state index contributed by atoms with van der Waals surface area (Å²) in [6.07, 6.45) is 0. The molecule has 0 spiro atoms. The van der Waals surface area contributed by atoms with Gasteiger partial charge in [-0.3, -0.25) is 9.59 Å². The number of hydrogen-bond acceptors (Lipinski definition) is 7. The number of nitrogens with one attached hydrogen (secondary N) is 1.